The molecule has 0 aromatic carbocycles. The van der Waals surface area contributed by atoms with E-state index in [0.29, 0.717) is 0 Å². The summed E-state index contributed by atoms with van der Waals surface area (Å²) in [7, 11) is 0. The average Bonchev–Trinajstić information content (AvgIpc) is 3.24. The topological polar surface area (TPSA) is 58.4 Å². The maximum Gasteiger partial charge on any atom is 0.250 e. The molecule has 3 heterocycles. The first-order valence-electron chi connectivity index (χ1n) is 7.87. The lowest BCUT2D eigenvalue weighted by Gasteiger charge is -2.32. The van der Waals surface area contributed by atoms with Gasteiger partial charge in [0.05, 0.1) is 5.69 Å². The number of likely N-dealkylation sites (tertiary alicyclic amines) is 1. The van der Waals surface area contributed by atoms with Gasteiger partial charge in [0, 0.05) is 30.1 Å². The second kappa shape index (κ2) is 7.21. The van der Waals surface area contributed by atoms with Gasteiger partial charge in [-0.05, 0) is 49.4 Å². The van der Waals surface area contributed by atoms with Crippen LogP contribution in [0.2, 0.25) is 0 Å². The minimum absolute atomic E-state index is 0.0148. The van der Waals surface area contributed by atoms with Crippen LogP contribution in [0.3, 0.4) is 0 Å². The number of aliphatic hydroxyl groups is 1. The smallest absolute Gasteiger partial charge is 0.250 e. The molecule has 0 amide bonds. The molecule has 122 valence electrons. The van der Waals surface area contributed by atoms with E-state index in [1.165, 1.54) is 4.68 Å². The second-order valence-corrected chi connectivity index (χ2v) is 6.79. The fraction of sp³-hybridized carbons (Fsp3) is 0.412. The van der Waals surface area contributed by atoms with Crippen LogP contribution in [0, 0.1) is 5.92 Å². The molecule has 1 N–H and O–H groups in total. The summed E-state index contributed by atoms with van der Waals surface area (Å²) in [6.45, 7) is 3.27. The van der Waals surface area contributed by atoms with Gasteiger partial charge in [0.25, 0.3) is 0 Å². The third-order valence-corrected chi connectivity index (χ3v) is 5.04. The molecule has 0 saturated carbocycles. The lowest BCUT2D eigenvalue weighted by molar-refractivity contribution is -0.00326. The third kappa shape index (κ3) is 3.96. The van der Waals surface area contributed by atoms with Crippen molar-refractivity contribution in [2.24, 2.45) is 5.92 Å². The quantitative estimate of drug-likeness (QED) is 0.936. The number of hydrogen-bond acceptors (Lipinski definition) is 5. The highest BCUT2D eigenvalue weighted by Crippen LogP contribution is 2.20. The number of carbonyl (C=O) groups excluding carboxylic acids is 1. The number of rotatable bonds is 4. The fourth-order valence-electron chi connectivity index (χ4n) is 2.81. The van der Waals surface area contributed by atoms with E-state index in [2.05, 4.69) is 5.10 Å². The molecule has 0 spiro atoms. The zero-order valence-corrected chi connectivity index (χ0v) is 13.9. The van der Waals surface area contributed by atoms with Gasteiger partial charge in [-0.1, -0.05) is 6.07 Å². The fourth-order valence-corrected chi connectivity index (χ4v) is 3.43. The Balaban J connectivity index is 1.60. The zero-order chi connectivity index (χ0) is 16.2. The van der Waals surface area contributed by atoms with Crippen molar-refractivity contribution in [3.05, 3.63) is 40.3 Å². The number of aliphatic hydroxyl groups excluding tert-OH is 1. The van der Waals surface area contributed by atoms with Gasteiger partial charge in [-0.25, -0.2) is 4.68 Å². The summed E-state index contributed by atoms with van der Waals surface area (Å²) < 4.78 is 1.46. The summed E-state index contributed by atoms with van der Waals surface area (Å²) in [5, 5.41) is 16.0. The standard InChI is InChI=1S/C17H21N3O2S/c1-13(21)19-9-6-14(7-10-19)17(22)20-11-8-15(18-20)4-5-16-3-2-12-23-16/h2-5,8,11-14,21H,6-7,9-10H2,1H3. The summed E-state index contributed by atoms with van der Waals surface area (Å²) in [6, 6.07) is 5.90. The van der Waals surface area contributed by atoms with E-state index >= 15 is 0 Å². The Bertz CT molecular complexity index is 668. The Hall–Kier alpha value is -1.76. The molecule has 3 rings (SSSR count). The summed E-state index contributed by atoms with van der Waals surface area (Å²) in [4.78, 5) is 15.7. The first-order chi connectivity index (χ1) is 11.1. The summed E-state index contributed by atoms with van der Waals surface area (Å²) in [5.41, 5.74) is 0.785. The van der Waals surface area contributed by atoms with Crippen LogP contribution < -0.4 is 0 Å². The number of nitrogens with zero attached hydrogens (tertiary/aromatic N) is 3. The summed E-state index contributed by atoms with van der Waals surface area (Å²) in [6.07, 6.45) is 6.75. The predicted octanol–water partition coefficient (Wildman–Crippen LogP) is 2.81. The van der Waals surface area contributed by atoms with E-state index in [0.717, 1.165) is 36.5 Å². The average molecular weight is 331 g/mol. The van der Waals surface area contributed by atoms with Gasteiger partial charge in [0.2, 0.25) is 5.91 Å². The van der Waals surface area contributed by atoms with Crippen molar-refractivity contribution >= 4 is 29.4 Å². The van der Waals surface area contributed by atoms with Crippen LogP contribution in [0.5, 0.6) is 0 Å². The Kier molecular flexibility index (Phi) is 5.05. The van der Waals surface area contributed by atoms with Crippen LogP contribution in [0.1, 0.15) is 35.1 Å². The molecule has 1 unspecified atom stereocenters. The van der Waals surface area contributed by atoms with Crippen molar-refractivity contribution in [3.8, 4) is 0 Å². The van der Waals surface area contributed by atoms with Crippen molar-refractivity contribution in [2.75, 3.05) is 13.1 Å². The number of thiophene rings is 1. The molecule has 1 aliphatic rings. The first kappa shape index (κ1) is 16.1. The monoisotopic (exact) mass is 331 g/mol. The molecule has 0 bridgehead atoms. The molecule has 23 heavy (non-hydrogen) atoms. The minimum atomic E-state index is -0.440. The predicted molar refractivity (Wildman–Crippen MR) is 92.1 cm³/mol. The van der Waals surface area contributed by atoms with Crippen LogP contribution in [-0.2, 0) is 0 Å². The van der Waals surface area contributed by atoms with E-state index in [4.69, 9.17) is 0 Å². The van der Waals surface area contributed by atoms with Gasteiger partial charge in [-0.3, -0.25) is 9.69 Å². The van der Waals surface area contributed by atoms with Crippen molar-refractivity contribution in [3.63, 3.8) is 0 Å². The summed E-state index contributed by atoms with van der Waals surface area (Å²) >= 11 is 1.67. The molecule has 1 fully saturated rings. The minimum Gasteiger partial charge on any atom is -0.379 e. The first-order valence-corrected chi connectivity index (χ1v) is 8.75. The van der Waals surface area contributed by atoms with Crippen molar-refractivity contribution in [1.82, 2.24) is 14.7 Å². The summed E-state index contributed by atoms with van der Waals surface area (Å²) in [5.74, 6) is 0.0324. The molecule has 6 heteroatoms. The maximum atomic E-state index is 12.5. The zero-order valence-electron chi connectivity index (χ0n) is 13.1. The van der Waals surface area contributed by atoms with Crippen molar-refractivity contribution in [1.29, 1.82) is 0 Å². The van der Waals surface area contributed by atoms with Crippen LogP contribution in [0.15, 0.2) is 29.8 Å². The highest BCUT2D eigenvalue weighted by Gasteiger charge is 2.27. The van der Waals surface area contributed by atoms with Crippen molar-refractivity contribution < 1.29 is 9.90 Å². The third-order valence-electron chi connectivity index (χ3n) is 4.20. The Morgan fingerprint density at radius 2 is 2.17 bits per heavy atom. The number of piperidine rings is 1. The van der Waals surface area contributed by atoms with Crippen molar-refractivity contribution in [2.45, 2.75) is 26.0 Å². The molecule has 1 saturated heterocycles. The highest BCUT2D eigenvalue weighted by atomic mass is 32.1. The molecule has 0 radical (unpaired) electrons. The molecule has 2 aromatic rings. The molecule has 1 aliphatic heterocycles. The SMILES string of the molecule is CC(O)N1CCC(C(=O)n2ccc(C=Cc3cccs3)n2)CC1. The van der Waals surface area contributed by atoms with Gasteiger partial charge >= 0.3 is 0 Å². The number of aromatic nitrogens is 2. The molecule has 2 aromatic heterocycles. The lowest BCUT2D eigenvalue weighted by atomic mass is 9.96. The molecular weight excluding hydrogens is 310 g/mol. The Labute approximate surface area is 139 Å². The van der Waals surface area contributed by atoms with Crippen LogP contribution in [0.25, 0.3) is 12.2 Å². The molecular formula is C17H21N3O2S. The molecule has 1 atom stereocenters. The lowest BCUT2D eigenvalue weighted by Crippen LogP contribution is -2.42. The van der Waals surface area contributed by atoms with E-state index < -0.39 is 6.23 Å². The Morgan fingerprint density at radius 3 is 2.83 bits per heavy atom. The number of carbonyl (C=O) groups is 1. The maximum absolute atomic E-state index is 12.5. The van der Waals surface area contributed by atoms with E-state index in [-0.39, 0.29) is 11.8 Å². The van der Waals surface area contributed by atoms with E-state index in [9.17, 15) is 9.90 Å². The van der Waals surface area contributed by atoms with Gasteiger partial charge in [0.1, 0.15) is 6.23 Å². The Morgan fingerprint density at radius 1 is 1.39 bits per heavy atom. The highest BCUT2D eigenvalue weighted by molar-refractivity contribution is 7.10. The second-order valence-electron chi connectivity index (χ2n) is 5.81. The van der Waals surface area contributed by atoms with Crippen LogP contribution >= 0.6 is 11.3 Å². The normalized spacial score (nSPS) is 18.5. The van der Waals surface area contributed by atoms with Gasteiger partial charge in [0.15, 0.2) is 0 Å². The van der Waals surface area contributed by atoms with Crippen LogP contribution in [-0.4, -0.2) is 45.0 Å². The van der Waals surface area contributed by atoms with Crippen LogP contribution in [0.4, 0.5) is 0 Å². The largest absolute Gasteiger partial charge is 0.379 e. The number of hydrogen-bond donors (Lipinski definition) is 1. The van der Waals surface area contributed by atoms with Gasteiger partial charge in [-0.15, -0.1) is 11.3 Å². The van der Waals surface area contributed by atoms with Gasteiger partial charge < -0.3 is 5.11 Å². The van der Waals surface area contributed by atoms with Gasteiger partial charge in [-0.2, -0.15) is 5.10 Å². The molecule has 0 aliphatic carbocycles. The molecule has 5 nitrogen and oxygen atoms in total. The van der Waals surface area contributed by atoms with E-state index in [1.807, 2.05) is 40.6 Å². The van der Waals surface area contributed by atoms with E-state index in [1.54, 1.807) is 24.5 Å².